The molecule has 0 aromatic rings. The molecule has 0 spiro atoms. The minimum Gasteiger partial charge on any atom is -0.485 e. The van der Waals surface area contributed by atoms with Crippen LogP contribution in [0.15, 0.2) is 71.6 Å². The van der Waals surface area contributed by atoms with Crippen molar-refractivity contribution in [1.29, 1.82) is 0 Å². The lowest BCUT2D eigenvalue weighted by Gasteiger charge is -2.25. The molecule has 0 saturated heterocycles. The Morgan fingerprint density at radius 2 is 1.96 bits per heavy atom. The highest BCUT2D eigenvalue weighted by Gasteiger charge is 2.45. The van der Waals surface area contributed by atoms with Crippen LogP contribution in [0, 0.1) is 5.92 Å². The molecular weight excluding hydrogens is 360 g/mol. The van der Waals surface area contributed by atoms with Gasteiger partial charge in [-0.25, -0.2) is 9.59 Å². The first kappa shape index (κ1) is 19.6. The maximum atomic E-state index is 12.8. The van der Waals surface area contributed by atoms with Crippen LogP contribution < -0.4 is 0 Å². The third kappa shape index (κ3) is 4.39. The van der Waals surface area contributed by atoms with Crippen molar-refractivity contribution in [2.45, 2.75) is 38.4 Å². The lowest BCUT2D eigenvalue weighted by molar-refractivity contribution is -0.144. The molecule has 0 aromatic carbocycles. The molecule has 0 aromatic heterocycles. The highest BCUT2D eigenvalue weighted by molar-refractivity contribution is 6.08. The lowest BCUT2D eigenvalue weighted by Crippen LogP contribution is -2.31. The molecule has 0 bridgehead atoms. The molecule has 3 unspecified atom stereocenters. The quantitative estimate of drug-likeness (QED) is 0.456. The number of hydrogen-bond acceptors (Lipinski definition) is 5. The minimum atomic E-state index is -1.03. The Labute approximate surface area is 163 Å². The molecule has 3 rings (SSSR count). The van der Waals surface area contributed by atoms with Gasteiger partial charge in [0.2, 0.25) is 0 Å². The average molecular weight is 382 g/mol. The van der Waals surface area contributed by atoms with E-state index in [0.29, 0.717) is 16.9 Å². The molecule has 6 heteroatoms. The van der Waals surface area contributed by atoms with Crippen molar-refractivity contribution < 1.29 is 29.0 Å². The molecule has 3 atom stereocenters. The molecule has 1 aliphatic carbocycles. The van der Waals surface area contributed by atoms with Gasteiger partial charge in [0.15, 0.2) is 5.78 Å². The van der Waals surface area contributed by atoms with E-state index in [0.717, 1.165) is 25.3 Å². The number of ketones is 1. The predicted molar refractivity (Wildman–Crippen MR) is 102 cm³/mol. The predicted octanol–water partition coefficient (Wildman–Crippen LogP) is 3.19. The molecule has 0 fully saturated rings. The van der Waals surface area contributed by atoms with Crippen molar-refractivity contribution in [2.24, 2.45) is 5.92 Å². The number of carboxylic acid groups (broad SMARTS) is 1. The van der Waals surface area contributed by atoms with Gasteiger partial charge < -0.3 is 14.6 Å². The fraction of sp³-hybridized carbons (Fsp3) is 0.318. The van der Waals surface area contributed by atoms with E-state index in [1.54, 1.807) is 30.4 Å². The van der Waals surface area contributed by atoms with Crippen LogP contribution in [-0.2, 0) is 23.9 Å². The van der Waals surface area contributed by atoms with Crippen LogP contribution in [0.25, 0.3) is 0 Å². The molecule has 0 saturated carbocycles. The Balaban J connectivity index is 1.94. The summed E-state index contributed by atoms with van der Waals surface area (Å²) in [5, 5.41) is 8.57. The Morgan fingerprint density at radius 3 is 2.75 bits per heavy atom. The summed E-state index contributed by atoms with van der Waals surface area (Å²) in [5.41, 5.74) is 0.936. The first-order valence-electron chi connectivity index (χ1n) is 9.26. The van der Waals surface area contributed by atoms with Crippen LogP contribution >= 0.6 is 0 Å². The lowest BCUT2D eigenvalue weighted by atomic mass is 9.80. The fourth-order valence-corrected chi connectivity index (χ4v) is 3.47. The van der Waals surface area contributed by atoms with Crippen LogP contribution in [0.3, 0.4) is 0 Å². The second-order valence-corrected chi connectivity index (χ2v) is 6.81. The normalized spacial score (nSPS) is 29.8. The van der Waals surface area contributed by atoms with Gasteiger partial charge in [-0.3, -0.25) is 4.79 Å². The van der Waals surface area contributed by atoms with E-state index in [2.05, 4.69) is 0 Å². The number of rotatable bonds is 4. The largest absolute Gasteiger partial charge is 0.485 e. The van der Waals surface area contributed by atoms with Gasteiger partial charge in [-0.05, 0) is 44.4 Å². The van der Waals surface area contributed by atoms with Crippen molar-refractivity contribution >= 4 is 17.7 Å². The Hall–Kier alpha value is -3.15. The molecular formula is C22H22O6. The summed E-state index contributed by atoms with van der Waals surface area (Å²) in [4.78, 5) is 35.7. The molecule has 3 aliphatic rings. The number of allylic oxidation sites excluding steroid dienone is 7. The van der Waals surface area contributed by atoms with Gasteiger partial charge in [0.25, 0.3) is 0 Å². The summed E-state index contributed by atoms with van der Waals surface area (Å²) in [6.45, 7) is 1.86. The Kier molecular flexibility index (Phi) is 6.09. The smallest absolute Gasteiger partial charge is 0.338 e. The number of aliphatic carboxylic acids is 1. The first-order chi connectivity index (χ1) is 13.5. The number of carboxylic acids is 1. The number of cyclic esters (lactones) is 1. The topological polar surface area (TPSA) is 89.9 Å². The van der Waals surface area contributed by atoms with E-state index in [1.165, 1.54) is 12.2 Å². The zero-order valence-corrected chi connectivity index (χ0v) is 15.5. The summed E-state index contributed by atoms with van der Waals surface area (Å²) in [6, 6.07) is 0. The number of carbonyl (C=O) groups is 3. The molecule has 28 heavy (non-hydrogen) atoms. The van der Waals surface area contributed by atoms with Gasteiger partial charge in [0.05, 0.1) is 17.6 Å². The SMILES string of the molecule is CC1CCC/C=C2/C(=O)C=CC3OC(/C=C/C=C/C=C/C(=O)O)=C(C(=O)O1)C23. The Bertz CT molecular complexity index is 852. The zero-order chi connectivity index (χ0) is 20.1. The van der Waals surface area contributed by atoms with E-state index in [1.807, 2.05) is 13.0 Å². The second-order valence-electron chi connectivity index (χ2n) is 6.81. The van der Waals surface area contributed by atoms with Crippen LogP contribution in [0.5, 0.6) is 0 Å². The third-order valence-corrected chi connectivity index (χ3v) is 4.75. The van der Waals surface area contributed by atoms with E-state index < -0.39 is 24.0 Å². The summed E-state index contributed by atoms with van der Waals surface area (Å²) < 4.78 is 11.5. The van der Waals surface area contributed by atoms with Crippen LogP contribution in [0.1, 0.15) is 26.2 Å². The summed E-state index contributed by atoms with van der Waals surface area (Å²) in [7, 11) is 0. The van der Waals surface area contributed by atoms with Crippen molar-refractivity contribution in [2.75, 3.05) is 0 Å². The van der Waals surface area contributed by atoms with Gasteiger partial charge in [0.1, 0.15) is 11.9 Å². The van der Waals surface area contributed by atoms with Gasteiger partial charge in [-0.1, -0.05) is 30.4 Å². The zero-order valence-electron chi connectivity index (χ0n) is 15.5. The van der Waals surface area contributed by atoms with E-state index in [9.17, 15) is 14.4 Å². The maximum Gasteiger partial charge on any atom is 0.338 e. The van der Waals surface area contributed by atoms with Gasteiger partial charge in [-0.2, -0.15) is 0 Å². The van der Waals surface area contributed by atoms with Crippen molar-refractivity contribution in [3.63, 3.8) is 0 Å². The monoisotopic (exact) mass is 382 g/mol. The number of hydrogen-bond donors (Lipinski definition) is 1. The fourth-order valence-electron chi connectivity index (χ4n) is 3.47. The van der Waals surface area contributed by atoms with Gasteiger partial charge >= 0.3 is 11.9 Å². The van der Waals surface area contributed by atoms with Crippen molar-refractivity contribution in [3.05, 3.63) is 71.6 Å². The van der Waals surface area contributed by atoms with Gasteiger partial charge in [0, 0.05) is 11.6 Å². The molecule has 2 heterocycles. The molecule has 6 nitrogen and oxygen atoms in total. The molecule has 146 valence electrons. The first-order valence-corrected chi connectivity index (χ1v) is 9.26. The average Bonchev–Trinajstić information content (AvgIpc) is 3.01. The van der Waals surface area contributed by atoms with Crippen LogP contribution in [0.4, 0.5) is 0 Å². The maximum absolute atomic E-state index is 12.8. The van der Waals surface area contributed by atoms with Gasteiger partial charge in [-0.15, -0.1) is 0 Å². The second kappa shape index (κ2) is 8.69. The standard InChI is InChI=1S/C22H22O6/c1-14-8-6-7-9-15-16(23)12-13-18-20(15)21(22(26)27-14)17(28-18)10-4-2-3-5-11-19(24)25/h2-5,9-14,18,20H,6-8H2,1H3,(H,24,25)/b3-2+,10-4+,11-5+,15-9-. The molecule has 0 radical (unpaired) electrons. The molecule has 2 aliphatic heterocycles. The van der Waals surface area contributed by atoms with Crippen molar-refractivity contribution in [1.82, 2.24) is 0 Å². The van der Waals surface area contributed by atoms with E-state index in [4.69, 9.17) is 14.6 Å². The number of esters is 1. The number of carbonyl (C=O) groups excluding carboxylic acids is 2. The van der Waals surface area contributed by atoms with E-state index in [-0.39, 0.29) is 11.9 Å². The molecule has 0 amide bonds. The highest BCUT2D eigenvalue weighted by Crippen LogP contribution is 2.41. The summed E-state index contributed by atoms with van der Waals surface area (Å²) in [5.74, 6) is -1.70. The van der Waals surface area contributed by atoms with Crippen LogP contribution in [0.2, 0.25) is 0 Å². The highest BCUT2D eigenvalue weighted by atomic mass is 16.5. The summed E-state index contributed by atoms with van der Waals surface area (Å²) >= 11 is 0. The molecule has 1 N–H and O–H groups in total. The van der Waals surface area contributed by atoms with Crippen LogP contribution in [-0.4, -0.2) is 35.0 Å². The Morgan fingerprint density at radius 1 is 1.18 bits per heavy atom. The summed E-state index contributed by atoms with van der Waals surface area (Å²) in [6.07, 6.45) is 15.6. The van der Waals surface area contributed by atoms with E-state index >= 15 is 0 Å². The minimum absolute atomic E-state index is 0.104. The third-order valence-electron chi connectivity index (χ3n) is 4.75. The number of ether oxygens (including phenoxy) is 2. The van der Waals surface area contributed by atoms with Crippen molar-refractivity contribution in [3.8, 4) is 0 Å².